The molecule has 1 aromatic rings. The van der Waals surface area contributed by atoms with Crippen LogP contribution in [0.25, 0.3) is 0 Å². The van der Waals surface area contributed by atoms with Crippen molar-refractivity contribution in [3.05, 3.63) is 35.1 Å². The minimum Gasteiger partial charge on any atom is -0.394 e. The molecular formula is C10H13FO3. The average molecular weight is 200 g/mol. The van der Waals surface area contributed by atoms with Gasteiger partial charge in [-0.25, -0.2) is 4.39 Å². The summed E-state index contributed by atoms with van der Waals surface area (Å²) in [5.74, 6) is -0.549. The third-order valence-corrected chi connectivity index (χ3v) is 2.09. The van der Waals surface area contributed by atoms with Crippen molar-refractivity contribution in [3.8, 4) is 0 Å². The van der Waals surface area contributed by atoms with Crippen molar-refractivity contribution in [2.45, 2.75) is 19.1 Å². The lowest BCUT2D eigenvalue weighted by Crippen LogP contribution is -2.23. The molecule has 3 N–H and O–H groups in total. The molecular weight excluding hydrogens is 187 g/mol. The minimum atomic E-state index is -1.39. The standard InChI is InChI=1S/C10H13FO3/c1-6-3-2-4-7(9(6)11)10(14)8(13)5-12/h2-4,8,10,12-14H,5H2,1H3. The van der Waals surface area contributed by atoms with Gasteiger partial charge in [-0.2, -0.15) is 0 Å². The summed E-state index contributed by atoms with van der Waals surface area (Å²) < 4.78 is 13.4. The number of benzene rings is 1. The highest BCUT2D eigenvalue weighted by Gasteiger charge is 2.21. The van der Waals surface area contributed by atoms with Gasteiger partial charge in [-0.05, 0) is 12.5 Å². The Kier molecular flexibility index (Phi) is 3.57. The molecule has 0 spiro atoms. The summed E-state index contributed by atoms with van der Waals surface area (Å²) >= 11 is 0. The Bertz CT molecular complexity index is 314. The molecule has 0 aliphatic heterocycles. The van der Waals surface area contributed by atoms with Crippen LogP contribution >= 0.6 is 0 Å². The van der Waals surface area contributed by atoms with E-state index in [1.165, 1.54) is 6.07 Å². The fourth-order valence-electron chi connectivity index (χ4n) is 1.21. The van der Waals surface area contributed by atoms with Crippen LogP contribution in [0.2, 0.25) is 0 Å². The summed E-state index contributed by atoms with van der Waals surface area (Å²) in [6, 6.07) is 4.53. The van der Waals surface area contributed by atoms with E-state index in [2.05, 4.69) is 0 Å². The molecule has 0 bridgehead atoms. The van der Waals surface area contributed by atoms with Gasteiger partial charge in [-0.1, -0.05) is 18.2 Å². The normalized spacial score (nSPS) is 15.2. The summed E-state index contributed by atoms with van der Waals surface area (Å²) in [5.41, 5.74) is 0.401. The SMILES string of the molecule is Cc1cccc(C(O)C(O)CO)c1F. The smallest absolute Gasteiger partial charge is 0.132 e. The minimum absolute atomic E-state index is 0.00606. The second kappa shape index (κ2) is 4.50. The van der Waals surface area contributed by atoms with Crippen LogP contribution < -0.4 is 0 Å². The maximum Gasteiger partial charge on any atom is 0.132 e. The van der Waals surface area contributed by atoms with E-state index in [1.54, 1.807) is 19.1 Å². The molecule has 0 fully saturated rings. The third kappa shape index (κ3) is 2.09. The highest BCUT2D eigenvalue weighted by Crippen LogP contribution is 2.21. The highest BCUT2D eigenvalue weighted by atomic mass is 19.1. The topological polar surface area (TPSA) is 60.7 Å². The molecule has 14 heavy (non-hydrogen) atoms. The van der Waals surface area contributed by atoms with Crippen LogP contribution in [-0.4, -0.2) is 28.0 Å². The molecule has 0 radical (unpaired) electrons. The van der Waals surface area contributed by atoms with E-state index in [9.17, 15) is 9.50 Å². The second-order valence-electron chi connectivity index (χ2n) is 3.17. The Morgan fingerprint density at radius 1 is 1.36 bits per heavy atom. The molecule has 0 aliphatic carbocycles. The Balaban J connectivity index is 3.01. The van der Waals surface area contributed by atoms with Gasteiger partial charge >= 0.3 is 0 Å². The Hall–Kier alpha value is -0.970. The zero-order chi connectivity index (χ0) is 10.7. The molecule has 1 aromatic carbocycles. The lowest BCUT2D eigenvalue weighted by atomic mass is 10.0. The first-order valence-electron chi connectivity index (χ1n) is 4.30. The summed E-state index contributed by atoms with van der Waals surface area (Å²) in [4.78, 5) is 0. The number of hydrogen-bond acceptors (Lipinski definition) is 3. The van der Waals surface area contributed by atoms with Gasteiger partial charge in [0.25, 0.3) is 0 Å². The summed E-state index contributed by atoms with van der Waals surface area (Å²) in [7, 11) is 0. The van der Waals surface area contributed by atoms with Crippen molar-refractivity contribution in [2.75, 3.05) is 6.61 Å². The molecule has 1 rings (SSSR count). The van der Waals surface area contributed by atoms with Crippen molar-refractivity contribution in [2.24, 2.45) is 0 Å². The molecule has 0 saturated carbocycles. The Morgan fingerprint density at radius 2 is 2.00 bits per heavy atom. The predicted molar refractivity (Wildman–Crippen MR) is 49.2 cm³/mol. The van der Waals surface area contributed by atoms with E-state index >= 15 is 0 Å². The van der Waals surface area contributed by atoms with Gasteiger partial charge in [0.15, 0.2) is 0 Å². The van der Waals surface area contributed by atoms with Crippen LogP contribution in [0.15, 0.2) is 18.2 Å². The number of rotatable bonds is 3. The molecule has 0 aliphatic rings. The molecule has 78 valence electrons. The number of halogens is 1. The largest absolute Gasteiger partial charge is 0.394 e. The zero-order valence-electron chi connectivity index (χ0n) is 7.81. The van der Waals surface area contributed by atoms with Gasteiger partial charge in [0.05, 0.1) is 6.61 Å². The average Bonchev–Trinajstić information content (AvgIpc) is 2.20. The quantitative estimate of drug-likeness (QED) is 0.666. The lowest BCUT2D eigenvalue weighted by molar-refractivity contribution is -0.0168. The molecule has 2 atom stereocenters. The monoisotopic (exact) mass is 200 g/mol. The number of aliphatic hydroxyl groups is 3. The van der Waals surface area contributed by atoms with Gasteiger partial charge in [0.2, 0.25) is 0 Å². The van der Waals surface area contributed by atoms with Crippen LogP contribution in [0.3, 0.4) is 0 Å². The van der Waals surface area contributed by atoms with Crippen molar-refractivity contribution >= 4 is 0 Å². The van der Waals surface area contributed by atoms with Crippen LogP contribution in [0.4, 0.5) is 4.39 Å². The molecule has 3 nitrogen and oxygen atoms in total. The predicted octanol–water partition coefficient (Wildman–Crippen LogP) is 0.521. The van der Waals surface area contributed by atoms with E-state index in [0.717, 1.165) is 0 Å². The maximum atomic E-state index is 13.4. The molecule has 0 aromatic heterocycles. The fraction of sp³-hybridized carbons (Fsp3) is 0.400. The Morgan fingerprint density at radius 3 is 2.57 bits per heavy atom. The van der Waals surface area contributed by atoms with Crippen LogP contribution in [0.5, 0.6) is 0 Å². The lowest BCUT2D eigenvalue weighted by Gasteiger charge is -2.17. The first-order valence-corrected chi connectivity index (χ1v) is 4.30. The third-order valence-electron chi connectivity index (χ3n) is 2.09. The molecule has 2 unspecified atom stereocenters. The number of hydrogen-bond donors (Lipinski definition) is 3. The fourth-order valence-corrected chi connectivity index (χ4v) is 1.21. The van der Waals surface area contributed by atoms with Crippen molar-refractivity contribution < 1.29 is 19.7 Å². The first-order chi connectivity index (χ1) is 6.57. The van der Waals surface area contributed by atoms with Gasteiger partial charge in [0.1, 0.15) is 18.0 Å². The van der Waals surface area contributed by atoms with Gasteiger partial charge in [0, 0.05) is 5.56 Å². The van der Waals surface area contributed by atoms with E-state index in [1.807, 2.05) is 0 Å². The van der Waals surface area contributed by atoms with Gasteiger partial charge < -0.3 is 15.3 Å². The van der Waals surface area contributed by atoms with Crippen molar-refractivity contribution in [3.63, 3.8) is 0 Å². The van der Waals surface area contributed by atoms with E-state index in [0.29, 0.717) is 5.56 Å². The van der Waals surface area contributed by atoms with Crippen LogP contribution in [0, 0.1) is 12.7 Å². The van der Waals surface area contributed by atoms with E-state index in [4.69, 9.17) is 10.2 Å². The molecule has 4 heteroatoms. The summed E-state index contributed by atoms with van der Waals surface area (Å²) in [5, 5.41) is 27.2. The van der Waals surface area contributed by atoms with Gasteiger partial charge in [-0.3, -0.25) is 0 Å². The van der Waals surface area contributed by atoms with Crippen LogP contribution in [0.1, 0.15) is 17.2 Å². The van der Waals surface area contributed by atoms with Crippen molar-refractivity contribution in [1.29, 1.82) is 0 Å². The number of aryl methyl sites for hydroxylation is 1. The maximum absolute atomic E-state index is 13.4. The Labute approximate surface area is 81.4 Å². The van der Waals surface area contributed by atoms with Crippen molar-refractivity contribution in [1.82, 2.24) is 0 Å². The highest BCUT2D eigenvalue weighted by molar-refractivity contribution is 5.27. The summed E-state index contributed by atoms with van der Waals surface area (Å²) in [6.07, 6.45) is -2.74. The first kappa shape index (κ1) is 11.1. The molecule has 0 saturated heterocycles. The zero-order valence-corrected chi connectivity index (χ0v) is 7.81. The number of aliphatic hydroxyl groups excluding tert-OH is 3. The van der Waals surface area contributed by atoms with E-state index < -0.39 is 24.6 Å². The second-order valence-corrected chi connectivity index (χ2v) is 3.17. The van der Waals surface area contributed by atoms with Gasteiger partial charge in [-0.15, -0.1) is 0 Å². The summed E-state index contributed by atoms with van der Waals surface area (Å²) in [6.45, 7) is 0.964. The van der Waals surface area contributed by atoms with E-state index in [-0.39, 0.29) is 5.56 Å². The molecule has 0 amide bonds. The van der Waals surface area contributed by atoms with Crippen LogP contribution in [-0.2, 0) is 0 Å². The molecule has 0 heterocycles.